The number of ether oxygens (including phenoxy) is 1. The van der Waals surface area contributed by atoms with Gasteiger partial charge in [-0.2, -0.15) is 0 Å². The Morgan fingerprint density at radius 1 is 1.22 bits per heavy atom. The molecule has 3 saturated carbocycles. The van der Waals surface area contributed by atoms with Crippen LogP contribution in [0.1, 0.15) is 46.0 Å². The van der Waals surface area contributed by atoms with Crippen LogP contribution < -0.4 is 0 Å². The molecule has 0 aromatic heterocycles. The Hall–Kier alpha value is -0.790. The molecule has 0 radical (unpaired) electrons. The van der Waals surface area contributed by atoms with Gasteiger partial charge in [-0.3, -0.25) is 0 Å². The highest BCUT2D eigenvalue weighted by atomic mass is 16.5. The standard InChI is InChI=1S/C16H24O2/c1-3-18-16(17)10(2)8-12-6-7-14-11-4-5-13(9-11)15(12)14/h8,11-15H,3-7,9H2,1-2H3. The molecule has 2 nitrogen and oxygen atoms in total. The Morgan fingerprint density at radius 3 is 2.78 bits per heavy atom. The van der Waals surface area contributed by atoms with Crippen molar-refractivity contribution in [1.82, 2.24) is 0 Å². The second-order valence-electron chi connectivity index (χ2n) is 6.39. The summed E-state index contributed by atoms with van der Waals surface area (Å²) < 4.78 is 5.08. The highest BCUT2D eigenvalue weighted by Crippen LogP contribution is 2.61. The fourth-order valence-electron chi connectivity index (χ4n) is 4.96. The molecule has 2 heteroatoms. The number of allylic oxidation sites excluding steroid dienone is 1. The maximum Gasteiger partial charge on any atom is 0.333 e. The Labute approximate surface area is 110 Å². The summed E-state index contributed by atoms with van der Waals surface area (Å²) in [4.78, 5) is 11.7. The van der Waals surface area contributed by atoms with Gasteiger partial charge in [-0.15, -0.1) is 0 Å². The first-order valence-electron chi connectivity index (χ1n) is 7.56. The van der Waals surface area contributed by atoms with E-state index in [0.29, 0.717) is 12.5 Å². The smallest absolute Gasteiger partial charge is 0.333 e. The van der Waals surface area contributed by atoms with E-state index in [2.05, 4.69) is 6.08 Å². The van der Waals surface area contributed by atoms with Gasteiger partial charge in [0, 0.05) is 5.57 Å². The van der Waals surface area contributed by atoms with Crippen LogP contribution in [0, 0.1) is 29.6 Å². The van der Waals surface area contributed by atoms with Crippen molar-refractivity contribution in [3.63, 3.8) is 0 Å². The molecule has 0 heterocycles. The van der Waals surface area contributed by atoms with Gasteiger partial charge < -0.3 is 4.74 Å². The van der Waals surface area contributed by atoms with Crippen LogP contribution in [0.15, 0.2) is 11.6 Å². The molecule has 2 bridgehead atoms. The van der Waals surface area contributed by atoms with Gasteiger partial charge in [0.05, 0.1) is 6.61 Å². The van der Waals surface area contributed by atoms with E-state index in [1.807, 2.05) is 13.8 Å². The molecule has 5 atom stereocenters. The molecule has 5 unspecified atom stereocenters. The summed E-state index contributed by atoms with van der Waals surface area (Å²) in [5.74, 6) is 4.35. The first-order valence-corrected chi connectivity index (χ1v) is 7.56. The molecule has 0 aromatic carbocycles. The number of esters is 1. The first-order chi connectivity index (χ1) is 8.70. The average molecular weight is 248 g/mol. The lowest BCUT2D eigenvalue weighted by Gasteiger charge is -2.27. The van der Waals surface area contributed by atoms with Crippen molar-refractivity contribution in [2.45, 2.75) is 46.0 Å². The second-order valence-corrected chi connectivity index (χ2v) is 6.39. The largest absolute Gasteiger partial charge is 0.463 e. The van der Waals surface area contributed by atoms with Crippen LogP contribution in [0.2, 0.25) is 0 Å². The molecule has 100 valence electrons. The van der Waals surface area contributed by atoms with Gasteiger partial charge in [0.15, 0.2) is 0 Å². The number of fused-ring (bicyclic) bond motifs is 5. The highest BCUT2D eigenvalue weighted by molar-refractivity contribution is 5.87. The first kappa shape index (κ1) is 12.3. The maximum absolute atomic E-state index is 11.7. The van der Waals surface area contributed by atoms with Crippen LogP contribution >= 0.6 is 0 Å². The lowest BCUT2D eigenvalue weighted by Crippen LogP contribution is -2.21. The average Bonchev–Trinajstić information content (AvgIpc) is 3.01. The van der Waals surface area contributed by atoms with Gasteiger partial charge in [-0.1, -0.05) is 6.08 Å². The molecule has 0 aromatic rings. The zero-order chi connectivity index (χ0) is 12.7. The van der Waals surface area contributed by atoms with E-state index in [1.54, 1.807) is 0 Å². The van der Waals surface area contributed by atoms with Crippen LogP contribution in [0.3, 0.4) is 0 Å². The Balaban J connectivity index is 1.70. The van der Waals surface area contributed by atoms with E-state index in [9.17, 15) is 4.79 Å². The van der Waals surface area contributed by atoms with E-state index >= 15 is 0 Å². The third-order valence-corrected chi connectivity index (χ3v) is 5.55. The molecule has 0 saturated heterocycles. The predicted molar refractivity (Wildman–Crippen MR) is 70.9 cm³/mol. The number of carbonyl (C=O) groups excluding carboxylic acids is 1. The molecular formula is C16H24O2. The van der Waals surface area contributed by atoms with Gasteiger partial charge >= 0.3 is 5.97 Å². The minimum Gasteiger partial charge on any atom is -0.463 e. The van der Waals surface area contributed by atoms with Gasteiger partial charge in [0.25, 0.3) is 0 Å². The summed E-state index contributed by atoms with van der Waals surface area (Å²) >= 11 is 0. The molecule has 0 spiro atoms. The Morgan fingerprint density at radius 2 is 2.00 bits per heavy atom. The van der Waals surface area contributed by atoms with Crippen molar-refractivity contribution in [2.75, 3.05) is 6.61 Å². The molecule has 0 aliphatic heterocycles. The van der Waals surface area contributed by atoms with Crippen molar-refractivity contribution < 1.29 is 9.53 Å². The fourth-order valence-corrected chi connectivity index (χ4v) is 4.96. The summed E-state index contributed by atoms with van der Waals surface area (Å²) in [7, 11) is 0. The lowest BCUT2D eigenvalue weighted by molar-refractivity contribution is -0.138. The molecule has 3 aliphatic rings. The van der Waals surface area contributed by atoms with Gasteiger partial charge in [-0.05, 0) is 75.5 Å². The van der Waals surface area contributed by atoms with E-state index in [0.717, 1.165) is 29.2 Å². The SMILES string of the molecule is CCOC(=O)C(C)=CC1CCC2C3CCC(C3)C12. The quantitative estimate of drug-likeness (QED) is 0.564. The molecule has 3 aliphatic carbocycles. The molecule has 3 rings (SSSR count). The lowest BCUT2D eigenvalue weighted by atomic mass is 9.77. The summed E-state index contributed by atoms with van der Waals surface area (Å²) in [6, 6.07) is 0. The van der Waals surface area contributed by atoms with Gasteiger partial charge in [-0.25, -0.2) is 4.79 Å². The van der Waals surface area contributed by atoms with Crippen molar-refractivity contribution >= 4 is 5.97 Å². The van der Waals surface area contributed by atoms with Crippen molar-refractivity contribution in [1.29, 1.82) is 0 Å². The summed E-state index contributed by atoms with van der Waals surface area (Å²) in [5, 5.41) is 0. The van der Waals surface area contributed by atoms with Crippen LogP contribution in [0.4, 0.5) is 0 Å². The van der Waals surface area contributed by atoms with Crippen LogP contribution in [-0.2, 0) is 9.53 Å². The number of carbonyl (C=O) groups is 1. The third-order valence-electron chi connectivity index (χ3n) is 5.55. The van der Waals surface area contributed by atoms with E-state index < -0.39 is 0 Å². The zero-order valence-corrected chi connectivity index (χ0v) is 11.5. The maximum atomic E-state index is 11.7. The van der Waals surface area contributed by atoms with Crippen LogP contribution in [0.5, 0.6) is 0 Å². The molecule has 0 amide bonds. The molecular weight excluding hydrogens is 224 g/mol. The predicted octanol–water partition coefficient (Wildman–Crippen LogP) is 3.57. The summed E-state index contributed by atoms with van der Waals surface area (Å²) in [6.45, 7) is 4.26. The fraction of sp³-hybridized carbons (Fsp3) is 0.812. The van der Waals surface area contributed by atoms with Crippen molar-refractivity contribution in [3.8, 4) is 0 Å². The number of hydrogen-bond acceptors (Lipinski definition) is 2. The normalized spacial score (nSPS) is 42.1. The van der Waals surface area contributed by atoms with Gasteiger partial charge in [0.1, 0.15) is 0 Å². The Kier molecular flexibility index (Phi) is 3.21. The minimum atomic E-state index is -0.121. The molecule has 3 fully saturated rings. The molecule has 0 N–H and O–H groups in total. The van der Waals surface area contributed by atoms with Crippen molar-refractivity contribution in [2.24, 2.45) is 29.6 Å². The monoisotopic (exact) mass is 248 g/mol. The summed E-state index contributed by atoms with van der Waals surface area (Å²) in [5.41, 5.74) is 0.824. The van der Waals surface area contributed by atoms with E-state index in [-0.39, 0.29) is 5.97 Å². The summed E-state index contributed by atoms with van der Waals surface area (Å²) in [6.07, 6.45) is 9.29. The number of rotatable bonds is 3. The topological polar surface area (TPSA) is 26.3 Å². The van der Waals surface area contributed by atoms with Gasteiger partial charge in [0.2, 0.25) is 0 Å². The second kappa shape index (κ2) is 4.71. The zero-order valence-electron chi connectivity index (χ0n) is 11.5. The number of hydrogen-bond donors (Lipinski definition) is 0. The minimum absolute atomic E-state index is 0.121. The van der Waals surface area contributed by atoms with Crippen LogP contribution in [-0.4, -0.2) is 12.6 Å². The Bertz CT molecular complexity index is 371. The third kappa shape index (κ3) is 1.90. The van der Waals surface area contributed by atoms with E-state index in [4.69, 9.17) is 4.74 Å². The highest BCUT2D eigenvalue weighted by Gasteiger charge is 2.52. The van der Waals surface area contributed by atoms with Crippen LogP contribution in [0.25, 0.3) is 0 Å². The molecule has 18 heavy (non-hydrogen) atoms. The van der Waals surface area contributed by atoms with Crippen molar-refractivity contribution in [3.05, 3.63) is 11.6 Å². The van der Waals surface area contributed by atoms with E-state index in [1.165, 1.54) is 32.1 Å².